The summed E-state index contributed by atoms with van der Waals surface area (Å²) in [4.78, 5) is 0. The van der Waals surface area contributed by atoms with Gasteiger partial charge in [-0.25, -0.2) is 0 Å². The molecule has 1 N–H and O–H groups in total. The standard InChI is InChI=1S/C22H23N3O2/c1-26-18-7-9-22(10-8-18)21(25-14-24)19-12-17(5-6-20(19)27-22)16-4-2-3-15(11-16)13-23/h2-4,6,11-12,17-18,21,25H,5,7-10H2,1H3. The minimum Gasteiger partial charge on any atom is -0.485 e. The molecule has 3 aliphatic rings. The lowest BCUT2D eigenvalue weighted by Gasteiger charge is -2.39. The van der Waals surface area contributed by atoms with E-state index >= 15 is 0 Å². The van der Waals surface area contributed by atoms with E-state index in [1.165, 1.54) is 0 Å². The number of nitriles is 2. The van der Waals surface area contributed by atoms with Crippen LogP contribution in [0.1, 0.15) is 49.1 Å². The molecule has 1 saturated heterocycles. The maximum Gasteiger partial charge on any atom is 0.177 e. The van der Waals surface area contributed by atoms with Crippen molar-refractivity contribution < 1.29 is 9.47 Å². The molecule has 4 rings (SSSR count). The number of ether oxygens (including phenoxy) is 2. The molecule has 2 atom stereocenters. The highest BCUT2D eigenvalue weighted by Crippen LogP contribution is 2.49. The van der Waals surface area contributed by atoms with Crippen molar-refractivity contribution in [2.75, 3.05) is 7.11 Å². The Kier molecular flexibility index (Phi) is 4.64. The second-order valence-corrected chi connectivity index (χ2v) is 7.56. The molecule has 1 aliphatic heterocycles. The minimum absolute atomic E-state index is 0.131. The van der Waals surface area contributed by atoms with Gasteiger partial charge in [-0.2, -0.15) is 10.5 Å². The number of hydrogen-bond donors (Lipinski definition) is 1. The largest absolute Gasteiger partial charge is 0.485 e. The third-order valence-electron chi connectivity index (χ3n) is 6.14. The molecule has 138 valence electrons. The molecule has 0 amide bonds. The van der Waals surface area contributed by atoms with Crippen molar-refractivity contribution in [3.63, 3.8) is 0 Å². The van der Waals surface area contributed by atoms with Gasteiger partial charge in [0, 0.05) is 18.6 Å². The highest BCUT2D eigenvalue weighted by atomic mass is 16.5. The number of allylic oxidation sites excluding steroid dienone is 2. The van der Waals surface area contributed by atoms with Gasteiger partial charge in [0.1, 0.15) is 17.4 Å². The maximum atomic E-state index is 9.36. The SMILES string of the molecule is COC1CCC2(CC1)OC1=CCC(c3cccc(C#N)c3)C=C1C2NC#N. The van der Waals surface area contributed by atoms with Gasteiger partial charge in [-0.05, 0) is 55.9 Å². The second-order valence-electron chi connectivity index (χ2n) is 7.56. The first-order valence-corrected chi connectivity index (χ1v) is 9.48. The number of fused-ring (bicyclic) bond motifs is 1. The van der Waals surface area contributed by atoms with Gasteiger partial charge in [-0.1, -0.05) is 18.2 Å². The van der Waals surface area contributed by atoms with Crippen molar-refractivity contribution >= 4 is 0 Å². The molecule has 2 unspecified atom stereocenters. The Balaban J connectivity index is 1.64. The highest BCUT2D eigenvalue weighted by Gasteiger charge is 2.52. The summed E-state index contributed by atoms with van der Waals surface area (Å²) in [6, 6.07) is 9.83. The molecule has 1 spiro atoms. The van der Waals surface area contributed by atoms with Crippen LogP contribution >= 0.6 is 0 Å². The predicted octanol–water partition coefficient (Wildman–Crippen LogP) is 3.65. The third kappa shape index (κ3) is 3.09. The van der Waals surface area contributed by atoms with E-state index in [2.05, 4.69) is 35.8 Å². The fourth-order valence-electron chi connectivity index (χ4n) is 4.67. The van der Waals surface area contributed by atoms with E-state index in [1.54, 1.807) is 7.11 Å². The smallest absolute Gasteiger partial charge is 0.177 e. The molecule has 1 aromatic carbocycles. The van der Waals surface area contributed by atoms with Crippen molar-refractivity contribution in [3.05, 3.63) is 58.9 Å². The van der Waals surface area contributed by atoms with Gasteiger partial charge in [-0.3, -0.25) is 0 Å². The van der Waals surface area contributed by atoms with Crippen molar-refractivity contribution in [1.29, 1.82) is 10.5 Å². The molecule has 0 radical (unpaired) electrons. The topological polar surface area (TPSA) is 78.1 Å². The summed E-state index contributed by atoms with van der Waals surface area (Å²) in [5.74, 6) is 1.10. The third-order valence-corrected chi connectivity index (χ3v) is 6.14. The Morgan fingerprint density at radius 1 is 1.26 bits per heavy atom. The lowest BCUT2D eigenvalue weighted by atomic mass is 9.76. The number of rotatable bonds is 3. The van der Waals surface area contributed by atoms with E-state index in [-0.39, 0.29) is 23.7 Å². The molecule has 2 fully saturated rings. The molecule has 1 saturated carbocycles. The Bertz CT molecular complexity index is 866. The van der Waals surface area contributed by atoms with Crippen molar-refractivity contribution in [3.8, 4) is 12.3 Å². The Labute approximate surface area is 159 Å². The summed E-state index contributed by atoms with van der Waals surface area (Å²) < 4.78 is 12.0. The summed E-state index contributed by atoms with van der Waals surface area (Å²) in [5.41, 5.74) is 2.50. The number of methoxy groups -OCH3 is 1. The van der Waals surface area contributed by atoms with E-state index in [1.807, 2.05) is 18.2 Å². The van der Waals surface area contributed by atoms with Gasteiger partial charge in [0.05, 0.1) is 17.7 Å². The van der Waals surface area contributed by atoms with Crippen LogP contribution in [0.5, 0.6) is 0 Å². The summed E-state index contributed by atoms with van der Waals surface area (Å²) in [7, 11) is 1.76. The summed E-state index contributed by atoms with van der Waals surface area (Å²) in [6.07, 6.45) is 11.2. The van der Waals surface area contributed by atoms with Crippen LogP contribution < -0.4 is 5.32 Å². The van der Waals surface area contributed by atoms with Crippen LogP contribution in [0, 0.1) is 22.8 Å². The maximum absolute atomic E-state index is 9.36. The Morgan fingerprint density at radius 3 is 2.78 bits per heavy atom. The molecule has 0 aromatic heterocycles. The predicted molar refractivity (Wildman–Crippen MR) is 100 cm³/mol. The van der Waals surface area contributed by atoms with Crippen molar-refractivity contribution in [1.82, 2.24) is 5.32 Å². The zero-order valence-electron chi connectivity index (χ0n) is 15.4. The summed E-state index contributed by atoms with van der Waals surface area (Å²) in [6.45, 7) is 0. The van der Waals surface area contributed by atoms with Gasteiger partial charge in [-0.15, -0.1) is 0 Å². The fraction of sp³-hybridized carbons (Fsp3) is 0.455. The zero-order valence-corrected chi connectivity index (χ0v) is 15.4. The minimum atomic E-state index is -0.369. The molecule has 1 heterocycles. The summed E-state index contributed by atoms with van der Waals surface area (Å²) in [5, 5.41) is 21.5. The van der Waals surface area contributed by atoms with E-state index < -0.39 is 0 Å². The fourth-order valence-corrected chi connectivity index (χ4v) is 4.67. The van der Waals surface area contributed by atoms with E-state index in [4.69, 9.17) is 9.47 Å². The molecule has 2 aliphatic carbocycles. The van der Waals surface area contributed by atoms with Crippen molar-refractivity contribution in [2.45, 2.75) is 55.8 Å². The molecule has 1 aromatic rings. The van der Waals surface area contributed by atoms with Crippen LogP contribution in [0.25, 0.3) is 0 Å². The van der Waals surface area contributed by atoms with Gasteiger partial charge in [0.15, 0.2) is 6.19 Å². The first kappa shape index (κ1) is 17.6. The van der Waals surface area contributed by atoms with Gasteiger partial charge >= 0.3 is 0 Å². The Hall–Kier alpha value is -2.76. The molecule has 0 bridgehead atoms. The van der Waals surface area contributed by atoms with Crippen LogP contribution in [0.2, 0.25) is 0 Å². The lowest BCUT2D eigenvalue weighted by molar-refractivity contribution is -0.0503. The van der Waals surface area contributed by atoms with Gasteiger partial charge in [0.25, 0.3) is 0 Å². The van der Waals surface area contributed by atoms with Crippen LogP contribution in [0.4, 0.5) is 0 Å². The second kappa shape index (κ2) is 7.10. The zero-order chi connectivity index (χ0) is 18.9. The number of nitrogens with zero attached hydrogens (tertiary/aromatic N) is 2. The van der Waals surface area contributed by atoms with Gasteiger partial charge < -0.3 is 14.8 Å². The molecule has 27 heavy (non-hydrogen) atoms. The van der Waals surface area contributed by atoms with Crippen LogP contribution in [-0.4, -0.2) is 24.9 Å². The number of nitrogens with one attached hydrogen (secondary N) is 1. The van der Waals surface area contributed by atoms with E-state index in [0.717, 1.165) is 49.0 Å². The number of hydrogen-bond acceptors (Lipinski definition) is 5. The van der Waals surface area contributed by atoms with Crippen LogP contribution in [0.3, 0.4) is 0 Å². The van der Waals surface area contributed by atoms with E-state index in [0.29, 0.717) is 5.56 Å². The lowest BCUT2D eigenvalue weighted by Crippen LogP contribution is -2.50. The summed E-state index contributed by atoms with van der Waals surface area (Å²) >= 11 is 0. The van der Waals surface area contributed by atoms with Crippen LogP contribution in [0.15, 0.2) is 47.7 Å². The highest BCUT2D eigenvalue weighted by molar-refractivity contribution is 5.47. The van der Waals surface area contributed by atoms with Gasteiger partial charge in [0.2, 0.25) is 0 Å². The van der Waals surface area contributed by atoms with Crippen LogP contribution in [-0.2, 0) is 9.47 Å². The monoisotopic (exact) mass is 361 g/mol. The first-order valence-electron chi connectivity index (χ1n) is 9.48. The normalized spacial score (nSPS) is 31.7. The number of benzene rings is 1. The average Bonchev–Trinajstić information content (AvgIpc) is 3.01. The average molecular weight is 361 g/mol. The first-order chi connectivity index (χ1) is 13.2. The van der Waals surface area contributed by atoms with E-state index in [9.17, 15) is 10.5 Å². The quantitative estimate of drug-likeness (QED) is 0.657. The Morgan fingerprint density at radius 2 is 2.07 bits per heavy atom. The molecular formula is C22H23N3O2. The molecule has 5 nitrogen and oxygen atoms in total. The molecule has 5 heteroatoms. The molecular weight excluding hydrogens is 338 g/mol. The van der Waals surface area contributed by atoms with Crippen molar-refractivity contribution in [2.24, 2.45) is 0 Å².